The molecule has 0 spiro atoms. The lowest BCUT2D eigenvalue weighted by Gasteiger charge is -2.29. The van der Waals surface area contributed by atoms with E-state index in [0.29, 0.717) is 5.92 Å². The first kappa shape index (κ1) is 7.61. The molecule has 1 saturated heterocycles. The molecule has 3 atom stereocenters. The Morgan fingerprint density at radius 1 is 1.44 bits per heavy atom. The third-order valence-electron chi connectivity index (χ3n) is 1.42. The van der Waals surface area contributed by atoms with Gasteiger partial charge in [-0.05, 0) is 5.92 Å². The SMILES string of the molecule is CC1CNC(Cl)NC1Cl. The summed E-state index contributed by atoms with van der Waals surface area (Å²) in [5.74, 6) is 0.446. The molecule has 1 rings (SSSR count). The van der Waals surface area contributed by atoms with Gasteiger partial charge in [-0.1, -0.05) is 18.5 Å². The number of nitrogens with one attached hydrogen (secondary N) is 2. The van der Waals surface area contributed by atoms with Gasteiger partial charge in [0.15, 0.2) is 0 Å². The molecule has 3 unspecified atom stereocenters. The maximum absolute atomic E-state index is 5.83. The minimum absolute atomic E-state index is 0.00810. The van der Waals surface area contributed by atoms with Gasteiger partial charge in [0.25, 0.3) is 0 Å². The van der Waals surface area contributed by atoms with Gasteiger partial charge in [0, 0.05) is 6.54 Å². The van der Waals surface area contributed by atoms with Gasteiger partial charge in [0.1, 0.15) is 5.62 Å². The normalized spacial score (nSPS) is 45.0. The van der Waals surface area contributed by atoms with E-state index in [1.807, 2.05) is 0 Å². The Bertz CT molecular complexity index is 99.0. The Morgan fingerprint density at radius 3 is 2.56 bits per heavy atom. The van der Waals surface area contributed by atoms with Crippen LogP contribution in [0.3, 0.4) is 0 Å². The molecule has 0 saturated carbocycles. The van der Waals surface area contributed by atoms with Crippen molar-refractivity contribution >= 4 is 23.2 Å². The van der Waals surface area contributed by atoms with Crippen molar-refractivity contribution in [3.05, 3.63) is 0 Å². The molecule has 2 nitrogen and oxygen atoms in total. The van der Waals surface area contributed by atoms with Crippen LogP contribution in [0.2, 0.25) is 0 Å². The molecule has 0 aliphatic carbocycles. The zero-order valence-electron chi connectivity index (χ0n) is 5.20. The van der Waals surface area contributed by atoms with Gasteiger partial charge < -0.3 is 0 Å². The first-order valence-electron chi connectivity index (χ1n) is 2.97. The standard InChI is InChI=1S/C5H10Cl2N2/c1-3-2-8-5(7)9-4(3)6/h3-5,8-9H,2H2,1H3. The number of alkyl halides is 2. The van der Waals surface area contributed by atoms with E-state index in [0.717, 1.165) is 6.54 Å². The van der Waals surface area contributed by atoms with Gasteiger partial charge in [-0.2, -0.15) is 0 Å². The molecule has 0 amide bonds. The minimum Gasteiger partial charge on any atom is -0.289 e. The predicted octanol–water partition coefficient (Wildman–Crippen LogP) is 0.903. The fourth-order valence-electron chi connectivity index (χ4n) is 0.756. The molecule has 0 bridgehead atoms. The summed E-state index contributed by atoms with van der Waals surface area (Å²) in [6, 6.07) is 0. The summed E-state index contributed by atoms with van der Waals surface area (Å²) in [7, 11) is 0. The van der Waals surface area contributed by atoms with Crippen LogP contribution in [0, 0.1) is 5.92 Å². The summed E-state index contributed by atoms with van der Waals surface area (Å²) in [5, 5.41) is 5.98. The van der Waals surface area contributed by atoms with Gasteiger partial charge in [-0.25, -0.2) is 0 Å². The zero-order valence-corrected chi connectivity index (χ0v) is 6.71. The number of hydrogen-bond acceptors (Lipinski definition) is 2. The van der Waals surface area contributed by atoms with Gasteiger partial charge in [0.05, 0.1) is 5.50 Å². The smallest absolute Gasteiger partial charge is 0.136 e. The van der Waals surface area contributed by atoms with Gasteiger partial charge in [0.2, 0.25) is 0 Å². The largest absolute Gasteiger partial charge is 0.289 e. The molecule has 0 radical (unpaired) electrons. The average Bonchev–Trinajstić information content (AvgIpc) is 1.80. The number of halogens is 2. The third-order valence-corrected chi connectivity index (χ3v) is 2.26. The zero-order chi connectivity index (χ0) is 6.85. The van der Waals surface area contributed by atoms with Crippen LogP contribution in [0.1, 0.15) is 6.92 Å². The molecule has 4 heteroatoms. The van der Waals surface area contributed by atoms with E-state index in [1.165, 1.54) is 0 Å². The first-order valence-corrected chi connectivity index (χ1v) is 3.85. The first-order chi connectivity index (χ1) is 4.20. The lowest BCUT2D eigenvalue weighted by atomic mass is 10.1. The van der Waals surface area contributed by atoms with Crippen LogP contribution in [-0.4, -0.2) is 17.7 Å². The lowest BCUT2D eigenvalue weighted by molar-refractivity contribution is 0.342. The molecular weight excluding hydrogens is 159 g/mol. The second kappa shape index (κ2) is 3.06. The van der Waals surface area contributed by atoms with Crippen molar-refractivity contribution in [1.29, 1.82) is 0 Å². The third kappa shape index (κ3) is 1.97. The van der Waals surface area contributed by atoms with Crippen LogP contribution in [0.5, 0.6) is 0 Å². The molecule has 1 aliphatic heterocycles. The lowest BCUT2D eigenvalue weighted by Crippen LogP contribution is -2.52. The van der Waals surface area contributed by atoms with Crippen LogP contribution in [-0.2, 0) is 0 Å². The number of hydrogen-bond donors (Lipinski definition) is 2. The van der Waals surface area contributed by atoms with Crippen molar-refractivity contribution < 1.29 is 0 Å². The Labute approximate surface area is 64.9 Å². The Morgan fingerprint density at radius 2 is 2.11 bits per heavy atom. The molecule has 0 aromatic carbocycles. The van der Waals surface area contributed by atoms with Gasteiger partial charge >= 0.3 is 0 Å². The van der Waals surface area contributed by atoms with Crippen molar-refractivity contribution in [2.24, 2.45) is 5.92 Å². The summed E-state index contributed by atoms with van der Waals surface area (Å²) >= 11 is 11.5. The Balaban J connectivity index is 2.35. The molecule has 1 aliphatic rings. The van der Waals surface area contributed by atoms with Crippen LogP contribution >= 0.6 is 23.2 Å². The van der Waals surface area contributed by atoms with Crippen LogP contribution in [0.4, 0.5) is 0 Å². The van der Waals surface area contributed by atoms with Crippen molar-refractivity contribution in [2.45, 2.75) is 18.0 Å². The van der Waals surface area contributed by atoms with Gasteiger partial charge in [-0.3, -0.25) is 10.6 Å². The maximum Gasteiger partial charge on any atom is 0.136 e. The van der Waals surface area contributed by atoms with Crippen molar-refractivity contribution in [3.63, 3.8) is 0 Å². The van der Waals surface area contributed by atoms with E-state index < -0.39 is 0 Å². The van der Waals surface area contributed by atoms with Crippen molar-refractivity contribution in [2.75, 3.05) is 6.54 Å². The van der Waals surface area contributed by atoms with Crippen molar-refractivity contribution in [1.82, 2.24) is 10.6 Å². The second-order valence-electron chi connectivity index (χ2n) is 2.32. The predicted molar refractivity (Wildman–Crippen MR) is 39.6 cm³/mol. The molecule has 9 heavy (non-hydrogen) atoms. The Kier molecular flexibility index (Phi) is 2.59. The van der Waals surface area contributed by atoms with E-state index in [2.05, 4.69) is 17.6 Å². The molecule has 0 aromatic heterocycles. The van der Waals surface area contributed by atoms with E-state index >= 15 is 0 Å². The highest BCUT2D eigenvalue weighted by molar-refractivity contribution is 6.23. The average molecular weight is 169 g/mol. The van der Waals surface area contributed by atoms with E-state index in [-0.39, 0.29) is 11.1 Å². The second-order valence-corrected chi connectivity index (χ2v) is 3.22. The summed E-state index contributed by atoms with van der Waals surface area (Å²) in [4.78, 5) is 0. The maximum atomic E-state index is 5.83. The highest BCUT2D eigenvalue weighted by Crippen LogP contribution is 2.11. The van der Waals surface area contributed by atoms with E-state index in [9.17, 15) is 0 Å². The molecule has 1 fully saturated rings. The summed E-state index contributed by atoms with van der Waals surface area (Å²) in [5.41, 5.74) is -0.155. The molecular formula is C5H10Cl2N2. The molecule has 2 N–H and O–H groups in total. The monoisotopic (exact) mass is 168 g/mol. The fourth-order valence-corrected chi connectivity index (χ4v) is 1.26. The van der Waals surface area contributed by atoms with Crippen LogP contribution in [0.15, 0.2) is 0 Å². The molecule has 0 aromatic rings. The van der Waals surface area contributed by atoms with Crippen LogP contribution in [0.25, 0.3) is 0 Å². The highest BCUT2D eigenvalue weighted by atomic mass is 35.5. The summed E-state index contributed by atoms with van der Waals surface area (Å²) in [6.45, 7) is 2.95. The molecule has 54 valence electrons. The topological polar surface area (TPSA) is 24.1 Å². The van der Waals surface area contributed by atoms with Gasteiger partial charge in [-0.15, -0.1) is 11.6 Å². The quantitative estimate of drug-likeness (QED) is 0.416. The summed E-state index contributed by atoms with van der Waals surface area (Å²) < 4.78 is 0. The fraction of sp³-hybridized carbons (Fsp3) is 1.00. The minimum atomic E-state index is -0.163. The van der Waals surface area contributed by atoms with Crippen LogP contribution < -0.4 is 10.6 Å². The number of rotatable bonds is 0. The van der Waals surface area contributed by atoms with Crippen molar-refractivity contribution in [3.8, 4) is 0 Å². The van der Waals surface area contributed by atoms with E-state index in [1.54, 1.807) is 0 Å². The summed E-state index contributed by atoms with van der Waals surface area (Å²) in [6.07, 6.45) is 0. The van der Waals surface area contributed by atoms with E-state index in [4.69, 9.17) is 23.2 Å². The molecule has 1 heterocycles. The Hall–Kier alpha value is 0.500. The highest BCUT2D eigenvalue weighted by Gasteiger charge is 2.22.